The van der Waals surface area contributed by atoms with Crippen LogP contribution in [0.25, 0.3) is 0 Å². The highest BCUT2D eigenvalue weighted by atomic mass is 16.6. The molecule has 0 atom stereocenters. The molecule has 0 aliphatic carbocycles. The van der Waals surface area contributed by atoms with Gasteiger partial charge in [0.25, 0.3) is 0 Å². The molecule has 19 heavy (non-hydrogen) atoms. The van der Waals surface area contributed by atoms with Crippen molar-refractivity contribution < 1.29 is 24.2 Å². The second-order valence-electron chi connectivity index (χ2n) is 4.95. The highest BCUT2D eigenvalue weighted by molar-refractivity contribution is 6.33. The number of hydrogen-bond donors (Lipinski definition) is 3. The van der Waals surface area contributed by atoms with Crippen LogP contribution in [0.3, 0.4) is 0 Å². The van der Waals surface area contributed by atoms with Crippen LogP contribution in [0.15, 0.2) is 24.3 Å². The van der Waals surface area contributed by atoms with Crippen LogP contribution in [0, 0.1) is 0 Å². The predicted octanol–water partition coefficient (Wildman–Crippen LogP) is 1.06. The molecule has 1 aromatic carbocycles. The summed E-state index contributed by atoms with van der Waals surface area (Å²) in [5, 5.41) is 20.0. The lowest BCUT2D eigenvalue weighted by atomic mass is 10.2. The van der Waals surface area contributed by atoms with Crippen LogP contribution in [0.2, 0.25) is 0 Å². The molecule has 0 aliphatic heterocycles. The summed E-state index contributed by atoms with van der Waals surface area (Å²) in [4.78, 5) is 11.5. The maximum Gasteiger partial charge on any atom is 0.707 e. The lowest BCUT2D eigenvalue weighted by Gasteiger charge is -2.19. The number of hydrogen-bond acceptors (Lipinski definition) is 5. The molecule has 6 nitrogen and oxygen atoms in total. The van der Waals surface area contributed by atoms with Gasteiger partial charge in [0, 0.05) is 6.54 Å². The van der Waals surface area contributed by atoms with Crippen LogP contribution in [-0.2, 0) is 11.3 Å². The van der Waals surface area contributed by atoms with Gasteiger partial charge in [-0.05, 0) is 38.5 Å². The first-order chi connectivity index (χ1) is 8.76. The number of nitrogens with one attached hydrogen (secondary N) is 1. The van der Waals surface area contributed by atoms with Crippen molar-refractivity contribution in [1.29, 1.82) is 0 Å². The Morgan fingerprint density at radius 1 is 1.37 bits per heavy atom. The van der Waals surface area contributed by atoms with Gasteiger partial charge in [-0.2, -0.15) is 0 Å². The van der Waals surface area contributed by atoms with E-state index in [-0.39, 0.29) is 6.54 Å². The molecule has 104 valence electrons. The van der Waals surface area contributed by atoms with Crippen LogP contribution >= 0.6 is 0 Å². The molecule has 1 aromatic rings. The average molecular weight is 267 g/mol. The molecule has 0 radical (unpaired) electrons. The molecule has 0 saturated heterocycles. The lowest BCUT2D eigenvalue weighted by Crippen LogP contribution is -2.32. The standard InChI is InChI=1S/C12H18BNO5/c1-12(2,3)18-11(15)14-8-9-5-4-6-10(7-9)19-13(16)17/h4-7,16-17H,8H2,1-3H3,(H,14,15). The summed E-state index contributed by atoms with van der Waals surface area (Å²) in [6, 6.07) is 6.63. The molecule has 0 heterocycles. The van der Waals surface area contributed by atoms with Crippen molar-refractivity contribution in [2.75, 3.05) is 0 Å². The lowest BCUT2D eigenvalue weighted by molar-refractivity contribution is 0.0523. The van der Waals surface area contributed by atoms with Crippen molar-refractivity contribution in [2.24, 2.45) is 0 Å². The Labute approximate surface area is 112 Å². The van der Waals surface area contributed by atoms with Crippen molar-refractivity contribution in [3.8, 4) is 5.75 Å². The molecule has 0 aromatic heterocycles. The molecule has 0 aliphatic rings. The number of ether oxygens (including phenoxy) is 1. The SMILES string of the molecule is CC(C)(C)OC(=O)NCc1cccc(OB(O)O)c1. The highest BCUT2D eigenvalue weighted by Gasteiger charge is 2.16. The number of carbonyl (C=O) groups excluding carboxylic acids is 1. The number of carbonyl (C=O) groups is 1. The van der Waals surface area contributed by atoms with Gasteiger partial charge >= 0.3 is 13.4 Å². The summed E-state index contributed by atoms with van der Waals surface area (Å²) < 4.78 is 9.80. The fourth-order valence-electron chi connectivity index (χ4n) is 1.34. The van der Waals surface area contributed by atoms with Gasteiger partial charge in [0.15, 0.2) is 0 Å². The average Bonchev–Trinajstić information content (AvgIpc) is 2.23. The maximum atomic E-state index is 11.5. The molecule has 0 fully saturated rings. The molecule has 1 rings (SSSR count). The summed E-state index contributed by atoms with van der Waals surface area (Å²) >= 11 is 0. The highest BCUT2D eigenvalue weighted by Crippen LogP contribution is 2.13. The van der Waals surface area contributed by atoms with Crippen molar-refractivity contribution >= 4 is 13.4 Å². The molecule has 7 heteroatoms. The van der Waals surface area contributed by atoms with Crippen LogP contribution < -0.4 is 9.97 Å². The van der Waals surface area contributed by atoms with Gasteiger partial charge in [-0.1, -0.05) is 12.1 Å². The van der Waals surface area contributed by atoms with E-state index in [0.29, 0.717) is 5.75 Å². The first-order valence-electron chi connectivity index (χ1n) is 5.85. The van der Waals surface area contributed by atoms with Gasteiger partial charge < -0.3 is 24.8 Å². The summed E-state index contributed by atoms with van der Waals surface area (Å²) in [5.41, 5.74) is 0.208. The fraction of sp³-hybridized carbons (Fsp3) is 0.417. The Hall–Kier alpha value is -1.73. The normalized spacial score (nSPS) is 10.8. The van der Waals surface area contributed by atoms with Gasteiger partial charge in [-0.15, -0.1) is 0 Å². The minimum atomic E-state index is -1.87. The molecule has 0 spiro atoms. The van der Waals surface area contributed by atoms with E-state index in [1.54, 1.807) is 45.0 Å². The number of amides is 1. The molecule has 1 amide bonds. The summed E-state index contributed by atoms with van der Waals surface area (Å²) in [6.07, 6.45) is -0.513. The van der Waals surface area contributed by atoms with E-state index in [1.807, 2.05) is 0 Å². The van der Waals surface area contributed by atoms with E-state index in [2.05, 4.69) is 5.32 Å². The van der Waals surface area contributed by atoms with Crippen LogP contribution in [-0.4, -0.2) is 29.1 Å². The van der Waals surface area contributed by atoms with Crippen molar-refractivity contribution in [2.45, 2.75) is 32.9 Å². The maximum absolute atomic E-state index is 11.5. The monoisotopic (exact) mass is 267 g/mol. The Balaban J connectivity index is 2.51. The molecule has 3 N–H and O–H groups in total. The van der Waals surface area contributed by atoms with Crippen molar-refractivity contribution in [3.63, 3.8) is 0 Å². The first kappa shape index (κ1) is 15.3. The third-order valence-corrected chi connectivity index (χ3v) is 1.98. The Morgan fingerprint density at radius 3 is 2.63 bits per heavy atom. The van der Waals surface area contributed by atoms with E-state index < -0.39 is 19.0 Å². The molecule has 0 saturated carbocycles. The number of benzene rings is 1. The van der Waals surface area contributed by atoms with Gasteiger partial charge in [0.05, 0.1) is 0 Å². The second kappa shape index (κ2) is 6.44. The largest absolute Gasteiger partial charge is 0.707 e. The zero-order chi connectivity index (χ0) is 14.5. The van der Waals surface area contributed by atoms with Gasteiger partial charge in [-0.3, -0.25) is 0 Å². The summed E-state index contributed by atoms with van der Waals surface area (Å²) in [7, 11) is -1.87. The smallest absolute Gasteiger partial charge is 0.512 e. The van der Waals surface area contributed by atoms with E-state index in [0.717, 1.165) is 5.56 Å². The quantitative estimate of drug-likeness (QED) is 0.710. The molecule has 0 bridgehead atoms. The Kier molecular flexibility index (Phi) is 5.20. The van der Waals surface area contributed by atoms with E-state index in [9.17, 15) is 4.79 Å². The van der Waals surface area contributed by atoms with E-state index in [4.69, 9.17) is 19.4 Å². The van der Waals surface area contributed by atoms with Gasteiger partial charge in [0.1, 0.15) is 11.4 Å². The van der Waals surface area contributed by atoms with Crippen LogP contribution in [0.5, 0.6) is 5.75 Å². The van der Waals surface area contributed by atoms with E-state index >= 15 is 0 Å². The fourth-order valence-corrected chi connectivity index (χ4v) is 1.34. The van der Waals surface area contributed by atoms with Crippen molar-refractivity contribution in [1.82, 2.24) is 5.32 Å². The zero-order valence-corrected chi connectivity index (χ0v) is 11.2. The second-order valence-corrected chi connectivity index (χ2v) is 4.95. The van der Waals surface area contributed by atoms with Crippen LogP contribution in [0.4, 0.5) is 4.79 Å². The van der Waals surface area contributed by atoms with Gasteiger partial charge in [0.2, 0.25) is 0 Å². The zero-order valence-electron chi connectivity index (χ0n) is 11.2. The number of alkyl carbamates (subject to hydrolysis) is 1. The number of rotatable bonds is 4. The first-order valence-corrected chi connectivity index (χ1v) is 5.85. The van der Waals surface area contributed by atoms with E-state index in [1.165, 1.54) is 0 Å². The van der Waals surface area contributed by atoms with Crippen molar-refractivity contribution in [3.05, 3.63) is 29.8 Å². The molecular weight excluding hydrogens is 249 g/mol. The topological polar surface area (TPSA) is 88.0 Å². The van der Waals surface area contributed by atoms with Gasteiger partial charge in [-0.25, -0.2) is 4.79 Å². The molecule has 0 unspecified atom stereocenters. The van der Waals surface area contributed by atoms with Crippen LogP contribution in [0.1, 0.15) is 26.3 Å². The molecular formula is C12H18BNO5. The summed E-state index contributed by atoms with van der Waals surface area (Å²) in [5.74, 6) is 0.304. The third-order valence-electron chi connectivity index (χ3n) is 1.98. The summed E-state index contributed by atoms with van der Waals surface area (Å²) in [6.45, 7) is 5.60. The minimum Gasteiger partial charge on any atom is -0.512 e. The predicted molar refractivity (Wildman–Crippen MR) is 70.3 cm³/mol. The third kappa shape index (κ3) is 6.68. The Bertz CT molecular complexity index is 430. The Morgan fingerprint density at radius 2 is 2.05 bits per heavy atom. The minimum absolute atomic E-state index is 0.258.